The van der Waals surface area contributed by atoms with Gasteiger partial charge in [-0.3, -0.25) is 14.5 Å². The van der Waals surface area contributed by atoms with Gasteiger partial charge in [-0.15, -0.1) is 0 Å². The van der Waals surface area contributed by atoms with Crippen molar-refractivity contribution in [2.75, 3.05) is 33.3 Å². The number of hydrogen-bond acceptors (Lipinski definition) is 4. The molecule has 1 fully saturated rings. The standard InChI is InChI=1S/C19H22FN3O3/c1-13(24)15-10-17(21-11-15)19(25)23-7-5-22(6-8-23)12-14-3-4-18(26-2)16(20)9-14/h3-4,9-11,21H,5-8,12H2,1-2H3. The summed E-state index contributed by atoms with van der Waals surface area (Å²) in [6.07, 6.45) is 1.56. The van der Waals surface area contributed by atoms with Gasteiger partial charge in [-0.1, -0.05) is 6.07 Å². The molecule has 1 aromatic heterocycles. The average molecular weight is 359 g/mol. The van der Waals surface area contributed by atoms with Crippen LogP contribution in [0.2, 0.25) is 0 Å². The van der Waals surface area contributed by atoms with Crippen LogP contribution in [-0.2, 0) is 6.54 Å². The van der Waals surface area contributed by atoms with Crippen LogP contribution in [0.1, 0.15) is 33.3 Å². The number of ketones is 1. The number of hydrogen-bond donors (Lipinski definition) is 1. The summed E-state index contributed by atoms with van der Waals surface area (Å²) in [6, 6.07) is 6.56. The summed E-state index contributed by atoms with van der Waals surface area (Å²) in [5.74, 6) is -0.309. The number of piperazine rings is 1. The number of amides is 1. The minimum atomic E-state index is -0.369. The Bertz CT molecular complexity index is 810. The predicted molar refractivity (Wildman–Crippen MR) is 94.9 cm³/mol. The second-order valence-corrected chi connectivity index (χ2v) is 6.40. The van der Waals surface area contributed by atoms with Gasteiger partial charge in [-0.05, 0) is 30.7 Å². The van der Waals surface area contributed by atoms with Crippen molar-refractivity contribution in [3.05, 3.63) is 53.1 Å². The predicted octanol–water partition coefficient (Wildman–Crippen LogP) is 2.32. The molecule has 2 aromatic rings. The summed E-state index contributed by atoms with van der Waals surface area (Å²) in [5.41, 5.74) is 1.81. The van der Waals surface area contributed by atoms with E-state index in [0.29, 0.717) is 44.0 Å². The van der Waals surface area contributed by atoms with Gasteiger partial charge in [0.25, 0.3) is 5.91 Å². The van der Waals surface area contributed by atoms with E-state index in [-0.39, 0.29) is 23.3 Å². The second-order valence-electron chi connectivity index (χ2n) is 6.40. The summed E-state index contributed by atoms with van der Waals surface area (Å²) >= 11 is 0. The Morgan fingerprint density at radius 3 is 2.50 bits per heavy atom. The van der Waals surface area contributed by atoms with Crippen LogP contribution in [0.25, 0.3) is 0 Å². The van der Waals surface area contributed by atoms with E-state index in [2.05, 4.69) is 9.88 Å². The van der Waals surface area contributed by atoms with Gasteiger partial charge in [0, 0.05) is 44.5 Å². The van der Waals surface area contributed by atoms with E-state index in [1.54, 1.807) is 23.2 Å². The number of Topliss-reactive ketones (excluding diaryl/α,β-unsaturated/α-hetero) is 1. The van der Waals surface area contributed by atoms with Crippen molar-refractivity contribution in [3.8, 4) is 5.75 Å². The van der Waals surface area contributed by atoms with Crippen molar-refractivity contribution in [2.24, 2.45) is 0 Å². The largest absolute Gasteiger partial charge is 0.494 e. The number of carbonyl (C=O) groups excluding carboxylic acids is 2. The maximum absolute atomic E-state index is 13.8. The number of benzene rings is 1. The van der Waals surface area contributed by atoms with Gasteiger partial charge in [0.05, 0.1) is 7.11 Å². The van der Waals surface area contributed by atoms with E-state index < -0.39 is 0 Å². The number of methoxy groups -OCH3 is 1. The Morgan fingerprint density at radius 1 is 1.19 bits per heavy atom. The van der Waals surface area contributed by atoms with Crippen LogP contribution in [0.4, 0.5) is 4.39 Å². The molecule has 1 aliphatic rings. The fourth-order valence-electron chi connectivity index (χ4n) is 3.07. The van der Waals surface area contributed by atoms with E-state index in [9.17, 15) is 14.0 Å². The smallest absolute Gasteiger partial charge is 0.270 e. The third-order valence-corrected chi connectivity index (χ3v) is 4.60. The molecule has 0 spiro atoms. The monoisotopic (exact) mass is 359 g/mol. The SMILES string of the molecule is COc1ccc(CN2CCN(C(=O)c3cc(C(C)=O)c[nH]3)CC2)cc1F. The van der Waals surface area contributed by atoms with E-state index >= 15 is 0 Å². The Kier molecular flexibility index (Phi) is 5.37. The molecule has 6 nitrogen and oxygen atoms in total. The molecule has 0 radical (unpaired) electrons. The fraction of sp³-hybridized carbons (Fsp3) is 0.368. The van der Waals surface area contributed by atoms with Gasteiger partial charge in [-0.2, -0.15) is 0 Å². The van der Waals surface area contributed by atoms with Gasteiger partial charge in [-0.25, -0.2) is 4.39 Å². The normalized spacial score (nSPS) is 15.1. The Hall–Kier alpha value is -2.67. The molecule has 1 aliphatic heterocycles. The summed E-state index contributed by atoms with van der Waals surface area (Å²) in [4.78, 5) is 30.7. The molecule has 0 atom stereocenters. The number of carbonyl (C=O) groups is 2. The molecular weight excluding hydrogens is 337 g/mol. The van der Waals surface area contributed by atoms with Crippen molar-refractivity contribution >= 4 is 11.7 Å². The van der Waals surface area contributed by atoms with Crippen LogP contribution in [0.5, 0.6) is 5.75 Å². The molecule has 7 heteroatoms. The fourth-order valence-corrected chi connectivity index (χ4v) is 3.07. The molecule has 26 heavy (non-hydrogen) atoms. The van der Waals surface area contributed by atoms with Crippen LogP contribution < -0.4 is 4.74 Å². The van der Waals surface area contributed by atoms with E-state index in [4.69, 9.17) is 4.74 Å². The highest BCUT2D eigenvalue weighted by Crippen LogP contribution is 2.19. The van der Waals surface area contributed by atoms with Crippen LogP contribution >= 0.6 is 0 Å². The number of halogens is 1. The van der Waals surface area contributed by atoms with Gasteiger partial charge < -0.3 is 14.6 Å². The first kappa shape index (κ1) is 18.1. The number of nitrogens with one attached hydrogen (secondary N) is 1. The molecule has 3 rings (SSSR count). The van der Waals surface area contributed by atoms with Gasteiger partial charge in [0.2, 0.25) is 0 Å². The zero-order chi connectivity index (χ0) is 18.7. The highest BCUT2D eigenvalue weighted by molar-refractivity contribution is 5.99. The Morgan fingerprint density at radius 2 is 1.92 bits per heavy atom. The molecule has 0 bridgehead atoms. The molecule has 0 aliphatic carbocycles. The molecule has 1 saturated heterocycles. The van der Waals surface area contributed by atoms with E-state index in [1.807, 2.05) is 6.07 Å². The third-order valence-electron chi connectivity index (χ3n) is 4.60. The molecule has 1 N–H and O–H groups in total. The first-order valence-corrected chi connectivity index (χ1v) is 8.51. The average Bonchev–Trinajstić information content (AvgIpc) is 3.12. The highest BCUT2D eigenvalue weighted by Gasteiger charge is 2.23. The molecular formula is C19H22FN3O3. The van der Waals surface area contributed by atoms with Gasteiger partial charge in [0.1, 0.15) is 5.69 Å². The lowest BCUT2D eigenvalue weighted by Gasteiger charge is -2.34. The summed E-state index contributed by atoms with van der Waals surface area (Å²) in [6.45, 7) is 4.69. The van der Waals surface area contributed by atoms with E-state index in [1.165, 1.54) is 20.1 Å². The van der Waals surface area contributed by atoms with Crippen LogP contribution in [0, 0.1) is 5.82 Å². The number of aromatic amines is 1. The van der Waals surface area contributed by atoms with Crippen molar-refractivity contribution in [1.82, 2.24) is 14.8 Å². The summed E-state index contributed by atoms with van der Waals surface area (Å²) in [7, 11) is 1.44. The molecule has 1 amide bonds. The lowest BCUT2D eigenvalue weighted by atomic mass is 10.1. The first-order chi connectivity index (χ1) is 12.5. The third kappa shape index (κ3) is 3.94. The lowest BCUT2D eigenvalue weighted by molar-refractivity contribution is 0.0623. The number of nitrogens with zero attached hydrogens (tertiary/aromatic N) is 2. The number of H-pyrrole nitrogens is 1. The lowest BCUT2D eigenvalue weighted by Crippen LogP contribution is -2.48. The Labute approximate surface area is 151 Å². The minimum Gasteiger partial charge on any atom is -0.494 e. The zero-order valence-electron chi connectivity index (χ0n) is 14.9. The first-order valence-electron chi connectivity index (χ1n) is 8.51. The van der Waals surface area contributed by atoms with Gasteiger partial charge >= 0.3 is 0 Å². The Balaban J connectivity index is 1.56. The summed E-state index contributed by atoms with van der Waals surface area (Å²) < 4.78 is 18.7. The number of ether oxygens (including phenoxy) is 1. The molecule has 2 heterocycles. The quantitative estimate of drug-likeness (QED) is 0.832. The molecule has 0 unspecified atom stereocenters. The van der Waals surface area contributed by atoms with Gasteiger partial charge in [0.15, 0.2) is 17.3 Å². The van der Waals surface area contributed by atoms with E-state index in [0.717, 1.165) is 5.56 Å². The van der Waals surface area contributed by atoms with Crippen molar-refractivity contribution in [1.29, 1.82) is 0 Å². The highest BCUT2D eigenvalue weighted by atomic mass is 19.1. The topological polar surface area (TPSA) is 65.6 Å². The van der Waals surface area contributed by atoms with Crippen LogP contribution in [-0.4, -0.2) is 59.8 Å². The van der Waals surface area contributed by atoms with Crippen molar-refractivity contribution < 1.29 is 18.7 Å². The molecule has 1 aromatic carbocycles. The number of aromatic nitrogens is 1. The minimum absolute atomic E-state index is 0.0724. The van der Waals surface area contributed by atoms with Crippen molar-refractivity contribution in [3.63, 3.8) is 0 Å². The molecule has 138 valence electrons. The van der Waals surface area contributed by atoms with Crippen molar-refractivity contribution in [2.45, 2.75) is 13.5 Å². The second kappa shape index (κ2) is 7.70. The van der Waals surface area contributed by atoms with Crippen LogP contribution in [0.3, 0.4) is 0 Å². The zero-order valence-corrected chi connectivity index (χ0v) is 14.9. The maximum Gasteiger partial charge on any atom is 0.270 e. The molecule has 0 saturated carbocycles. The number of rotatable bonds is 5. The summed E-state index contributed by atoms with van der Waals surface area (Å²) in [5, 5.41) is 0. The maximum atomic E-state index is 13.8. The van der Waals surface area contributed by atoms with Crippen LogP contribution in [0.15, 0.2) is 30.5 Å².